The molecule has 0 radical (unpaired) electrons. The minimum atomic E-state index is 0.433. The summed E-state index contributed by atoms with van der Waals surface area (Å²) in [6.45, 7) is 2.04. The Morgan fingerprint density at radius 3 is 3.00 bits per heavy atom. The van der Waals surface area contributed by atoms with Gasteiger partial charge < -0.3 is 0 Å². The normalized spacial score (nSPS) is 10.9. The first-order valence-corrected chi connectivity index (χ1v) is 6.49. The second-order valence-electron chi connectivity index (χ2n) is 4.51. The number of hydrogen-bond acceptors (Lipinski definition) is 5. The van der Waals surface area contributed by atoms with Crippen LogP contribution in [0.5, 0.6) is 0 Å². The molecular formula is C15H14N6. The van der Waals surface area contributed by atoms with Gasteiger partial charge in [0.15, 0.2) is 0 Å². The number of nitrogens with zero attached hydrogens (tertiary/aromatic N) is 5. The van der Waals surface area contributed by atoms with Gasteiger partial charge in [-0.25, -0.2) is 10.1 Å². The summed E-state index contributed by atoms with van der Waals surface area (Å²) in [6.07, 6.45) is 6.78. The van der Waals surface area contributed by atoms with Crippen LogP contribution in [-0.4, -0.2) is 26.0 Å². The summed E-state index contributed by atoms with van der Waals surface area (Å²) >= 11 is 0. The Bertz CT molecular complexity index is 748. The molecule has 3 aromatic rings. The predicted molar refractivity (Wildman–Crippen MR) is 81.5 cm³/mol. The third-order valence-corrected chi connectivity index (χ3v) is 2.82. The summed E-state index contributed by atoms with van der Waals surface area (Å²) in [5.41, 5.74) is 5.87. The van der Waals surface area contributed by atoms with Crippen LogP contribution < -0.4 is 5.43 Å². The molecule has 6 heteroatoms. The van der Waals surface area contributed by atoms with Crippen molar-refractivity contribution in [2.24, 2.45) is 5.10 Å². The fourth-order valence-corrected chi connectivity index (χ4v) is 1.84. The Labute approximate surface area is 122 Å². The van der Waals surface area contributed by atoms with Crippen LogP contribution >= 0.6 is 0 Å². The Hall–Kier alpha value is -3.02. The molecule has 0 fully saturated rings. The highest BCUT2D eigenvalue weighted by Crippen LogP contribution is 2.05. The molecule has 0 aliphatic carbocycles. The summed E-state index contributed by atoms with van der Waals surface area (Å²) in [4.78, 5) is 8.18. The van der Waals surface area contributed by atoms with Crippen molar-refractivity contribution in [1.82, 2.24) is 19.7 Å². The average Bonchev–Trinajstić information content (AvgIpc) is 2.97. The molecular weight excluding hydrogens is 264 g/mol. The molecule has 1 N–H and O–H groups in total. The number of benzene rings is 1. The quantitative estimate of drug-likeness (QED) is 0.588. The van der Waals surface area contributed by atoms with E-state index < -0.39 is 0 Å². The lowest BCUT2D eigenvalue weighted by molar-refractivity contribution is 0.873. The molecule has 0 aliphatic rings. The van der Waals surface area contributed by atoms with Gasteiger partial charge in [-0.1, -0.05) is 29.8 Å². The zero-order valence-corrected chi connectivity index (χ0v) is 11.5. The van der Waals surface area contributed by atoms with Crippen molar-refractivity contribution in [3.05, 3.63) is 66.2 Å². The van der Waals surface area contributed by atoms with Crippen molar-refractivity contribution in [3.63, 3.8) is 0 Å². The first-order valence-electron chi connectivity index (χ1n) is 6.49. The van der Waals surface area contributed by atoms with Crippen LogP contribution in [0.1, 0.15) is 11.1 Å². The standard InChI is InChI=1S/C15H14N6/c1-12-4-2-5-13(8-12)9-18-19-15-17-11-21(20-15)14-6-3-7-16-10-14/h2-11H,1H3,(H,19,20). The summed E-state index contributed by atoms with van der Waals surface area (Å²) in [5, 5.41) is 8.40. The van der Waals surface area contributed by atoms with Crippen molar-refractivity contribution >= 4 is 12.2 Å². The number of anilines is 1. The van der Waals surface area contributed by atoms with Crippen molar-refractivity contribution in [1.29, 1.82) is 0 Å². The van der Waals surface area contributed by atoms with Crippen molar-refractivity contribution in [2.45, 2.75) is 6.92 Å². The minimum Gasteiger partial charge on any atom is -0.262 e. The summed E-state index contributed by atoms with van der Waals surface area (Å²) in [5.74, 6) is 0.433. The third kappa shape index (κ3) is 3.30. The Balaban J connectivity index is 1.68. The molecule has 0 bridgehead atoms. The van der Waals surface area contributed by atoms with Gasteiger partial charge in [0.2, 0.25) is 0 Å². The third-order valence-electron chi connectivity index (χ3n) is 2.82. The molecule has 0 saturated heterocycles. The van der Waals surface area contributed by atoms with Crippen LogP contribution in [0.3, 0.4) is 0 Å². The average molecular weight is 278 g/mol. The first kappa shape index (κ1) is 13.0. The van der Waals surface area contributed by atoms with E-state index in [1.165, 1.54) is 5.56 Å². The monoisotopic (exact) mass is 278 g/mol. The number of aromatic nitrogens is 4. The number of nitrogens with one attached hydrogen (secondary N) is 1. The maximum Gasteiger partial charge on any atom is 0.262 e. The van der Waals surface area contributed by atoms with Crippen molar-refractivity contribution in [2.75, 3.05) is 5.43 Å². The van der Waals surface area contributed by atoms with Gasteiger partial charge in [-0.15, -0.1) is 5.10 Å². The summed E-state index contributed by atoms with van der Waals surface area (Å²) in [6, 6.07) is 11.8. The highest BCUT2D eigenvalue weighted by atomic mass is 15.4. The fourth-order valence-electron chi connectivity index (χ4n) is 1.84. The molecule has 0 unspecified atom stereocenters. The Morgan fingerprint density at radius 2 is 2.19 bits per heavy atom. The van der Waals surface area contributed by atoms with Crippen LogP contribution in [0.2, 0.25) is 0 Å². The second kappa shape index (κ2) is 5.96. The zero-order valence-electron chi connectivity index (χ0n) is 11.5. The van der Waals surface area contributed by atoms with E-state index in [0.717, 1.165) is 11.3 Å². The van der Waals surface area contributed by atoms with E-state index in [1.807, 2.05) is 43.3 Å². The smallest absolute Gasteiger partial charge is 0.262 e. The molecule has 21 heavy (non-hydrogen) atoms. The maximum absolute atomic E-state index is 4.27. The van der Waals surface area contributed by atoms with Gasteiger partial charge in [-0.3, -0.25) is 4.98 Å². The number of pyridine rings is 1. The minimum absolute atomic E-state index is 0.433. The van der Waals surface area contributed by atoms with E-state index in [9.17, 15) is 0 Å². The van der Waals surface area contributed by atoms with E-state index in [-0.39, 0.29) is 0 Å². The van der Waals surface area contributed by atoms with E-state index >= 15 is 0 Å². The van der Waals surface area contributed by atoms with Crippen LogP contribution in [0, 0.1) is 6.92 Å². The largest absolute Gasteiger partial charge is 0.262 e. The van der Waals surface area contributed by atoms with Gasteiger partial charge in [0.1, 0.15) is 6.33 Å². The van der Waals surface area contributed by atoms with E-state index in [2.05, 4.69) is 25.6 Å². The van der Waals surface area contributed by atoms with Gasteiger partial charge in [0, 0.05) is 6.20 Å². The lowest BCUT2D eigenvalue weighted by Crippen LogP contribution is -1.97. The van der Waals surface area contributed by atoms with E-state index in [4.69, 9.17) is 0 Å². The molecule has 3 rings (SSSR count). The van der Waals surface area contributed by atoms with Crippen LogP contribution in [0.25, 0.3) is 5.69 Å². The lowest BCUT2D eigenvalue weighted by Gasteiger charge is -1.97. The lowest BCUT2D eigenvalue weighted by atomic mass is 10.2. The van der Waals surface area contributed by atoms with Crippen molar-refractivity contribution in [3.8, 4) is 5.69 Å². The predicted octanol–water partition coefficient (Wildman–Crippen LogP) is 2.42. The van der Waals surface area contributed by atoms with Gasteiger partial charge >= 0.3 is 0 Å². The number of aryl methyl sites for hydroxylation is 1. The fraction of sp³-hybridized carbons (Fsp3) is 0.0667. The van der Waals surface area contributed by atoms with Crippen LogP contribution in [0.4, 0.5) is 5.95 Å². The maximum atomic E-state index is 4.27. The zero-order chi connectivity index (χ0) is 14.5. The van der Waals surface area contributed by atoms with Gasteiger partial charge in [-0.2, -0.15) is 10.1 Å². The van der Waals surface area contributed by atoms with E-state index in [0.29, 0.717) is 5.95 Å². The Kier molecular flexibility index (Phi) is 3.68. The van der Waals surface area contributed by atoms with Crippen molar-refractivity contribution < 1.29 is 0 Å². The molecule has 2 aromatic heterocycles. The molecule has 0 atom stereocenters. The second-order valence-corrected chi connectivity index (χ2v) is 4.51. The molecule has 104 valence electrons. The molecule has 2 heterocycles. The molecule has 0 saturated carbocycles. The number of rotatable bonds is 4. The van der Waals surface area contributed by atoms with Gasteiger partial charge in [-0.05, 0) is 24.6 Å². The highest BCUT2D eigenvalue weighted by Gasteiger charge is 2.00. The number of hydrazone groups is 1. The SMILES string of the molecule is Cc1cccc(C=NNc2ncn(-c3cccnc3)n2)c1. The van der Waals surface area contributed by atoms with Crippen LogP contribution in [-0.2, 0) is 0 Å². The molecule has 0 spiro atoms. The van der Waals surface area contributed by atoms with Gasteiger partial charge in [0.05, 0.1) is 18.1 Å². The summed E-state index contributed by atoms with van der Waals surface area (Å²) in [7, 11) is 0. The van der Waals surface area contributed by atoms with Crippen LogP contribution in [0.15, 0.2) is 60.2 Å². The molecule has 6 nitrogen and oxygen atoms in total. The molecule has 0 aliphatic heterocycles. The topological polar surface area (TPSA) is 68.0 Å². The number of hydrogen-bond donors (Lipinski definition) is 1. The summed E-state index contributed by atoms with van der Waals surface area (Å²) < 4.78 is 1.64. The molecule has 0 amide bonds. The Morgan fingerprint density at radius 1 is 1.24 bits per heavy atom. The molecule has 1 aromatic carbocycles. The first-order chi connectivity index (χ1) is 10.3. The van der Waals surface area contributed by atoms with E-state index in [1.54, 1.807) is 29.6 Å². The highest BCUT2D eigenvalue weighted by molar-refractivity contribution is 5.80. The van der Waals surface area contributed by atoms with Gasteiger partial charge in [0.25, 0.3) is 5.95 Å².